The van der Waals surface area contributed by atoms with E-state index in [0.717, 1.165) is 16.9 Å². The first-order valence-electron chi connectivity index (χ1n) is 9.08. The van der Waals surface area contributed by atoms with Gasteiger partial charge in [-0.05, 0) is 35.9 Å². The third kappa shape index (κ3) is 3.91. The second-order valence-corrected chi connectivity index (χ2v) is 6.49. The first-order chi connectivity index (χ1) is 13.7. The Kier molecular flexibility index (Phi) is 5.10. The number of carbonyl (C=O) groups excluding carboxylic acids is 1. The number of hydrogen-bond acceptors (Lipinski definition) is 4. The molecule has 1 unspecified atom stereocenters. The summed E-state index contributed by atoms with van der Waals surface area (Å²) in [6.45, 7) is 0.579. The van der Waals surface area contributed by atoms with Crippen molar-refractivity contribution in [1.82, 2.24) is 4.98 Å². The number of hydrogen-bond donors (Lipinski definition) is 2. The fourth-order valence-corrected chi connectivity index (χ4v) is 3.14. The molecule has 0 saturated heterocycles. The number of benzene rings is 2. The number of aliphatic imine (C=N–C) groups is 1. The number of anilines is 2. The van der Waals surface area contributed by atoms with Crippen LogP contribution >= 0.6 is 0 Å². The van der Waals surface area contributed by atoms with E-state index in [9.17, 15) is 9.18 Å². The van der Waals surface area contributed by atoms with Crippen molar-refractivity contribution in [2.24, 2.45) is 4.99 Å². The molecule has 1 aliphatic rings. The maximum Gasteiger partial charge on any atom is 0.237 e. The highest BCUT2D eigenvalue weighted by Crippen LogP contribution is 2.31. The number of carbonyl (C=O) groups is 1. The molecule has 0 radical (unpaired) electrons. The Morgan fingerprint density at radius 3 is 2.82 bits per heavy atom. The standard InChI is InChI=1S/C22H19FN4O/c23-19-13-16(8-9-21(19)25-12-10-15-5-3-4-11-24-15)26-14-18-17-6-1-2-7-20(17)27-22(18)28/h1-9,11,13-14,18,25H,10,12H2,(H,27,28). The van der Waals surface area contributed by atoms with Gasteiger partial charge in [-0.1, -0.05) is 24.3 Å². The molecule has 2 heterocycles. The second kappa shape index (κ2) is 8.00. The summed E-state index contributed by atoms with van der Waals surface area (Å²) in [5.74, 6) is -0.972. The minimum Gasteiger partial charge on any atom is -0.382 e. The maximum absolute atomic E-state index is 14.4. The highest BCUT2D eigenvalue weighted by atomic mass is 19.1. The highest BCUT2D eigenvalue weighted by Gasteiger charge is 2.28. The molecule has 5 nitrogen and oxygen atoms in total. The van der Waals surface area contributed by atoms with Gasteiger partial charge in [-0.15, -0.1) is 0 Å². The van der Waals surface area contributed by atoms with E-state index in [1.54, 1.807) is 24.5 Å². The van der Waals surface area contributed by atoms with Crippen LogP contribution in [0.2, 0.25) is 0 Å². The van der Waals surface area contributed by atoms with Gasteiger partial charge in [0.2, 0.25) is 5.91 Å². The van der Waals surface area contributed by atoms with E-state index in [1.165, 1.54) is 6.07 Å². The van der Waals surface area contributed by atoms with Crippen LogP contribution in [0.4, 0.5) is 21.5 Å². The fourth-order valence-electron chi connectivity index (χ4n) is 3.14. The number of rotatable bonds is 6. The lowest BCUT2D eigenvalue weighted by atomic mass is 10.0. The van der Waals surface area contributed by atoms with E-state index in [4.69, 9.17) is 0 Å². The van der Waals surface area contributed by atoms with Gasteiger partial charge in [-0.3, -0.25) is 14.8 Å². The Morgan fingerprint density at radius 2 is 2.00 bits per heavy atom. The lowest BCUT2D eigenvalue weighted by Crippen LogP contribution is -2.12. The van der Waals surface area contributed by atoms with E-state index < -0.39 is 5.92 Å². The number of halogens is 1. The molecular weight excluding hydrogens is 355 g/mol. The molecule has 0 bridgehead atoms. The van der Waals surface area contributed by atoms with Crippen molar-refractivity contribution < 1.29 is 9.18 Å². The molecule has 6 heteroatoms. The minimum atomic E-state index is -0.463. The molecule has 0 aliphatic carbocycles. The monoisotopic (exact) mass is 374 g/mol. The molecule has 2 N–H and O–H groups in total. The lowest BCUT2D eigenvalue weighted by Gasteiger charge is -2.08. The number of aromatic nitrogens is 1. The van der Waals surface area contributed by atoms with Crippen LogP contribution in [0.15, 0.2) is 71.9 Å². The van der Waals surface area contributed by atoms with Gasteiger partial charge in [-0.2, -0.15) is 0 Å². The predicted octanol–water partition coefficient (Wildman–Crippen LogP) is 4.31. The van der Waals surface area contributed by atoms with Gasteiger partial charge >= 0.3 is 0 Å². The molecule has 0 spiro atoms. The predicted molar refractivity (Wildman–Crippen MR) is 109 cm³/mol. The number of para-hydroxylation sites is 1. The van der Waals surface area contributed by atoms with Gasteiger partial charge < -0.3 is 10.6 Å². The summed E-state index contributed by atoms with van der Waals surface area (Å²) in [6.07, 6.45) is 4.01. The van der Waals surface area contributed by atoms with Gasteiger partial charge in [0.05, 0.1) is 11.4 Å². The van der Waals surface area contributed by atoms with E-state index in [0.29, 0.717) is 24.3 Å². The highest BCUT2D eigenvalue weighted by molar-refractivity contribution is 6.12. The van der Waals surface area contributed by atoms with Crippen molar-refractivity contribution in [2.75, 3.05) is 17.2 Å². The van der Waals surface area contributed by atoms with Gasteiger partial charge in [-0.25, -0.2) is 4.39 Å². The largest absolute Gasteiger partial charge is 0.382 e. The van der Waals surface area contributed by atoms with Crippen molar-refractivity contribution in [1.29, 1.82) is 0 Å². The Labute approximate surface area is 162 Å². The fraction of sp³-hybridized carbons (Fsp3) is 0.136. The third-order valence-electron chi connectivity index (χ3n) is 4.58. The quantitative estimate of drug-likeness (QED) is 0.632. The smallest absolute Gasteiger partial charge is 0.237 e. The summed E-state index contributed by atoms with van der Waals surface area (Å²) in [7, 11) is 0. The molecule has 140 valence electrons. The molecule has 1 aliphatic heterocycles. The summed E-state index contributed by atoms with van der Waals surface area (Å²) >= 11 is 0. The first-order valence-corrected chi connectivity index (χ1v) is 9.08. The zero-order valence-electron chi connectivity index (χ0n) is 15.1. The number of nitrogens with one attached hydrogen (secondary N) is 2. The molecule has 28 heavy (non-hydrogen) atoms. The van der Waals surface area contributed by atoms with Gasteiger partial charge in [0, 0.05) is 42.8 Å². The zero-order valence-corrected chi connectivity index (χ0v) is 15.1. The summed E-state index contributed by atoms with van der Waals surface area (Å²) in [5, 5.41) is 5.90. The molecule has 1 amide bonds. The summed E-state index contributed by atoms with van der Waals surface area (Å²) in [4.78, 5) is 20.7. The van der Waals surface area contributed by atoms with Crippen molar-refractivity contribution >= 4 is 29.2 Å². The van der Waals surface area contributed by atoms with Crippen LogP contribution in [0.5, 0.6) is 0 Å². The summed E-state index contributed by atoms with van der Waals surface area (Å²) in [5.41, 5.74) is 3.50. The van der Waals surface area contributed by atoms with E-state index in [-0.39, 0.29) is 11.7 Å². The van der Waals surface area contributed by atoms with Crippen molar-refractivity contribution in [2.45, 2.75) is 12.3 Å². The number of fused-ring (bicyclic) bond motifs is 1. The molecule has 3 aromatic rings. The molecular formula is C22H19FN4O. The molecule has 0 fully saturated rings. The van der Waals surface area contributed by atoms with Crippen molar-refractivity contribution in [3.63, 3.8) is 0 Å². The van der Waals surface area contributed by atoms with Gasteiger partial charge in [0.1, 0.15) is 11.7 Å². The Hall–Kier alpha value is -3.54. The van der Waals surface area contributed by atoms with Crippen LogP contribution < -0.4 is 10.6 Å². The Balaban J connectivity index is 1.40. The average Bonchev–Trinajstić information content (AvgIpc) is 3.04. The Morgan fingerprint density at radius 1 is 1.14 bits per heavy atom. The van der Waals surface area contributed by atoms with Gasteiger partial charge in [0.15, 0.2) is 0 Å². The van der Waals surface area contributed by atoms with Crippen LogP contribution in [0.3, 0.4) is 0 Å². The lowest BCUT2D eigenvalue weighted by molar-refractivity contribution is -0.115. The Bertz CT molecular complexity index is 1020. The third-order valence-corrected chi connectivity index (χ3v) is 4.58. The molecule has 2 aromatic carbocycles. The van der Waals surface area contributed by atoms with Crippen LogP contribution in [0, 0.1) is 5.82 Å². The molecule has 1 aromatic heterocycles. The zero-order chi connectivity index (χ0) is 19.3. The first kappa shape index (κ1) is 17.9. The maximum atomic E-state index is 14.4. The molecule has 1 atom stereocenters. The summed E-state index contributed by atoms with van der Waals surface area (Å²) < 4.78 is 14.4. The number of amides is 1. The minimum absolute atomic E-state index is 0.127. The second-order valence-electron chi connectivity index (χ2n) is 6.49. The van der Waals surface area contributed by atoms with Gasteiger partial charge in [0.25, 0.3) is 0 Å². The van der Waals surface area contributed by atoms with Crippen LogP contribution in [0.1, 0.15) is 17.2 Å². The number of pyridine rings is 1. The molecule has 4 rings (SSSR count). The SMILES string of the molecule is O=C1Nc2ccccc2C1C=Nc1ccc(NCCc2ccccn2)c(F)c1. The van der Waals surface area contributed by atoms with Crippen LogP contribution in [-0.4, -0.2) is 23.7 Å². The normalized spacial score (nSPS) is 15.5. The van der Waals surface area contributed by atoms with E-state index in [1.807, 2.05) is 42.5 Å². The van der Waals surface area contributed by atoms with Crippen LogP contribution in [0.25, 0.3) is 0 Å². The summed E-state index contributed by atoms with van der Waals surface area (Å²) in [6, 6.07) is 18.0. The van der Waals surface area contributed by atoms with E-state index >= 15 is 0 Å². The molecule has 0 saturated carbocycles. The number of nitrogens with zero attached hydrogens (tertiary/aromatic N) is 2. The van der Waals surface area contributed by atoms with Crippen molar-refractivity contribution in [3.05, 3.63) is 83.9 Å². The topological polar surface area (TPSA) is 66.4 Å². The average molecular weight is 374 g/mol. The van der Waals surface area contributed by atoms with Crippen molar-refractivity contribution in [3.8, 4) is 0 Å². The van der Waals surface area contributed by atoms with Crippen LogP contribution in [-0.2, 0) is 11.2 Å². The van der Waals surface area contributed by atoms with E-state index in [2.05, 4.69) is 20.6 Å².